The van der Waals surface area contributed by atoms with Gasteiger partial charge in [-0.1, -0.05) is 97.1 Å². The van der Waals surface area contributed by atoms with Gasteiger partial charge in [0, 0.05) is 17.3 Å². The highest BCUT2D eigenvalue weighted by molar-refractivity contribution is 6.23. The molecule has 0 radical (unpaired) electrons. The van der Waals surface area contributed by atoms with E-state index in [9.17, 15) is 0 Å². The molecule has 0 N–H and O–H groups in total. The Morgan fingerprint density at radius 2 is 0.805 bits per heavy atom. The molecule has 0 saturated heterocycles. The SMILES string of the molecule is C1=C2C3=C(C=C4c5ccccc5C5=CC6=C7C(=CC8=c9ccccc9=C1C8C37C45)c1ccccc16)c1ccccc12. The zero-order valence-corrected chi connectivity index (χ0v) is 22.2. The highest BCUT2D eigenvalue weighted by Gasteiger charge is 2.67. The first-order valence-corrected chi connectivity index (χ1v) is 14.9. The molecule has 0 heteroatoms. The third-order valence-corrected chi connectivity index (χ3v) is 11.4. The number of rotatable bonds is 0. The molecule has 8 aliphatic rings. The van der Waals surface area contributed by atoms with Crippen LogP contribution in [0.2, 0.25) is 0 Å². The van der Waals surface area contributed by atoms with E-state index in [1.165, 1.54) is 88.4 Å². The molecular formula is C41H22. The monoisotopic (exact) mass is 514 g/mol. The first-order chi connectivity index (χ1) is 20.4. The molecule has 4 aromatic rings. The Balaban J connectivity index is 1.38. The van der Waals surface area contributed by atoms with Crippen LogP contribution >= 0.6 is 0 Å². The molecule has 0 heterocycles. The summed E-state index contributed by atoms with van der Waals surface area (Å²) in [5.41, 5.74) is 23.3. The van der Waals surface area contributed by atoms with Crippen LogP contribution < -0.4 is 10.4 Å². The maximum Gasteiger partial charge on any atom is 0.0446 e. The van der Waals surface area contributed by atoms with Gasteiger partial charge in [0.25, 0.3) is 0 Å². The van der Waals surface area contributed by atoms with Gasteiger partial charge in [0.15, 0.2) is 0 Å². The number of fused-ring (bicyclic) bond motifs is 10. The van der Waals surface area contributed by atoms with E-state index in [4.69, 9.17) is 0 Å². The summed E-state index contributed by atoms with van der Waals surface area (Å²) >= 11 is 0. The van der Waals surface area contributed by atoms with Crippen LogP contribution in [0.3, 0.4) is 0 Å². The maximum absolute atomic E-state index is 2.59. The van der Waals surface area contributed by atoms with Crippen molar-refractivity contribution < 1.29 is 0 Å². The van der Waals surface area contributed by atoms with Crippen molar-refractivity contribution in [3.63, 3.8) is 0 Å². The summed E-state index contributed by atoms with van der Waals surface area (Å²) in [6.45, 7) is 0. The Morgan fingerprint density at radius 1 is 0.390 bits per heavy atom. The van der Waals surface area contributed by atoms with Crippen LogP contribution in [0.15, 0.2) is 133 Å². The third-order valence-electron chi connectivity index (χ3n) is 11.4. The Bertz CT molecular complexity index is 2240. The van der Waals surface area contributed by atoms with Gasteiger partial charge in [-0.25, -0.2) is 0 Å². The summed E-state index contributed by atoms with van der Waals surface area (Å²) in [5, 5.41) is 2.85. The standard InChI is InChI=1S/C41H22/c1-2-10-22-21(9-1)29-17-31-23-11-3-4-12-24(23)33-19-35-27-15-7-8-16-28(27)36-20-34-26-14-6-5-13-25(26)32-18-30(22)37(29)41(38(31)33,39(32)34)40(35)36/h1-20,37,40H. The Hall–Kier alpha value is -4.94. The van der Waals surface area contributed by atoms with Crippen molar-refractivity contribution >= 4 is 44.6 Å². The summed E-state index contributed by atoms with van der Waals surface area (Å²) in [6, 6.07) is 36.8. The molecule has 0 fully saturated rings. The summed E-state index contributed by atoms with van der Waals surface area (Å²) in [6.07, 6.45) is 10.3. The average Bonchev–Trinajstić information content (AvgIpc) is 3.74. The lowest BCUT2D eigenvalue weighted by Crippen LogP contribution is -2.47. The zero-order chi connectivity index (χ0) is 26.2. The molecule has 0 amide bonds. The highest BCUT2D eigenvalue weighted by atomic mass is 14.7. The van der Waals surface area contributed by atoms with Crippen LogP contribution in [0.5, 0.6) is 0 Å². The van der Waals surface area contributed by atoms with Crippen molar-refractivity contribution in [1.29, 1.82) is 0 Å². The van der Waals surface area contributed by atoms with Crippen LogP contribution in [-0.2, 0) is 0 Å². The molecule has 0 bridgehead atoms. The minimum absolute atomic E-state index is 0.173. The number of allylic oxidation sites excluding steroid dienone is 12. The molecule has 0 nitrogen and oxygen atoms in total. The number of benzene rings is 4. The molecule has 1 spiro atoms. The molecule has 0 atom stereocenters. The smallest absolute Gasteiger partial charge is 0.0446 e. The van der Waals surface area contributed by atoms with Gasteiger partial charge in [0.05, 0.1) is 0 Å². The fourth-order valence-corrected chi connectivity index (χ4v) is 10.3. The van der Waals surface area contributed by atoms with E-state index < -0.39 is 0 Å². The van der Waals surface area contributed by atoms with Crippen molar-refractivity contribution in [2.75, 3.05) is 0 Å². The van der Waals surface area contributed by atoms with E-state index in [0.29, 0.717) is 11.8 Å². The quantitative estimate of drug-likeness (QED) is 0.229. The van der Waals surface area contributed by atoms with Crippen molar-refractivity contribution in [2.24, 2.45) is 17.3 Å². The van der Waals surface area contributed by atoms with E-state index >= 15 is 0 Å². The van der Waals surface area contributed by atoms with Crippen LogP contribution in [0, 0.1) is 17.3 Å². The average molecular weight is 515 g/mol. The Labute approximate surface area is 237 Å². The molecule has 4 aromatic carbocycles. The molecule has 8 aliphatic carbocycles. The third kappa shape index (κ3) is 1.87. The van der Waals surface area contributed by atoms with Crippen molar-refractivity contribution in [1.82, 2.24) is 0 Å². The van der Waals surface area contributed by atoms with Crippen LogP contribution in [0.4, 0.5) is 0 Å². The van der Waals surface area contributed by atoms with Gasteiger partial charge in [-0.2, -0.15) is 0 Å². The normalized spacial score (nSPS) is 26.9. The summed E-state index contributed by atoms with van der Waals surface area (Å²) in [4.78, 5) is 0. The fraction of sp³-hybridized carbons (Fsp3) is 0.0732. The second-order valence-electron chi connectivity index (χ2n) is 12.7. The van der Waals surface area contributed by atoms with E-state index in [-0.39, 0.29) is 5.41 Å². The second kappa shape index (κ2) is 6.19. The zero-order valence-electron chi connectivity index (χ0n) is 22.2. The van der Waals surface area contributed by atoms with Crippen molar-refractivity contribution in [3.05, 3.63) is 176 Å². The number of hydrogen-bond acceptors (Lipinski definition) is 0. The summed E-state index contributed by atoms with van der Waals surface area (Å²) in [5.74, 6) is 0.607. The molecule has 41 heavy (non-hydrogen) atoms. The second-order valence-corrected chi connectivity index (χ2v) is 12.7. The Kier molecular flexibility index (Phi) is 3.02. The first-order valence-electron chi connectivity index (χ1n) is 14.9. The predicted molar refractivity (Wildman–Crippen MR) is 167 cm³/mol. The molecule has 186 valence electrons. The van der Waals surface area contributed by atoms with E-state index in [1.54, 1.807) is 11.1 Å². The van der Waals surface area contributed by atoms with E-state index in [0.717, 1.165) is 0 Å². The first kappa shape index (κ1) is 20.0. The lowest BCUT2D eigenvalue weighted by atomic mass is 9.44. The summed E-state index contributed by atoms with van der Waals surface area (Å²) in [7, 11) is 0. The van der Waals surface area contributed by atoms with Gasteiger partial charge in [0.2, 0.25) is 0 Å². The fourth-order valence-electron chi connectivity index (χ4n) is 10.3. The van der Waals surface area contributed by atoms with Gasteiger partial charge in [-0.15, -0.1) is 0 Å². The van der Waals surface area contributed by atoms with Gasteiger partial charge in [-0.05, 0) is 124 Å². The molecule has 0 saturated carbocycles. The lowest BCUT2D eigenvalue weighted by molar-refractivity contribution is 0.349. The number of hydrogen-bond donors (Lipinski definition) is 0. The van der Waals surface area contributed by atoms with Gasteiger partial charge < -0.3 is 0 Å². The minimum Gasteiger partial charge on any atom is -0.0616 e. The molecule has 0 aromatic heterocycles. The van der Waals surface area contributed by atoms with Crippen LogP contribution in [-0.4, -0.2) is 0 Å². The molecule has 0 aliphatic heterocycles. The molecule has 0 unspecified atom stereocenters. The Morgan fingerprint density at radius 3 is 1.29 bits per heavy atom. The van der Waals surface area contributed by atoms with Crippen LogP contribution in [0.1, 0.15) is 33.4 Å². The minimum atomic E-state index is -0.173. The topological polar surface area (TPSA) is 0 Å². The molecular weight excluding hydrogens is 492 g/mol. The molecule has 12 rings (SSSR count). The predicted octanol–water partition coefficient (Wildman–Crippen LogP) is 7.46. The largest absolute Gasteiger partial charge is 0.0616 e. The van der Waals surface area contributed by atoms with Crippen molar-refractivity contribution in [3.8, 4) is 0 Å². The summed E-state index contributed by atoms with van der Waals surface area (Å²) < 4.78 is 0. The maximum atomic E-state index is 2.59. The van der Waals surface area contributed by atoms with Gasteiger partial charge in [-0.3, -0.25) is 0 Å². The van der Waals surface area contributed by atoms with Gasteiger partial charge >= 0.3 is 0 Å². The lowest BCUT2D eigenvalue weighted by Gasteiger charge is -2.56. The van der Waals surface area contributed by atoms with E-state index in [1.807, 2.05) is 0 Å². The van der Waals surface area contributed by atoms with Crippen molar-refractivity contribution in [2.45, 2.75) is 0 Å². The van der Waals surface area contributed by atoms with Crippen LogP contribution in [0.25, 0.3) is 44.6 Å². The van der Waals surface area contributed by atoms with E-state index in [2.05, 4.69) is 121 Å². The highest BCUT2D eigenvalue weighted by Crippen LogP contribution is 2.79. The van der Waals surface area contributed by atoms with Gasteiger partial charge in [0.1, 0.15) is 0 Å².